The number of para-hydroxylation sites is 1. The molecule has 112 valence electrons. The van der Waals surface area contributed by atoms with Gasteiger partial charge in [-0.3, -0.25) is 10.1 Å². The molecule has 2 N–H and O–H groups in total. The lowest BCUT2D eigenvalue weighted by Crippen LogP contribution is -2.32. The van der Waals surface area contributed by atoms with Crippen molar-refractivity contribution in [2.45, 2.75) is 31.4 Å². The maximum atomic E-state index is 11.3. The molecular weight excluding hydrogens is 274 g/mol. The van der Waals surface area contributed by atoms with E-state index in [1.54, 1.807) is 19.2 Å². The van der Waals surface area contributed by atoms with Gasteiger partial charge in [-0.05, 0) is 31.2 Å². The summed E-state index contributed by atoms with van der Waals surface area (Å²) in [4.78, 5) is 10.9. The van der Waals surface area contributed by atoms with Gasteiger partial charge in [0.15, 0.2) is 0 Å². The Morgan fingerprint density at radius 1 is 1.30 bits per heavy atom. The molecular formula is C14H23N3O2S. The van der Waals surface area contributed by atoms with Crippen LogP contribution in [0.3, 0.4) is 0 Å². The molecule has 0 spiro atoms. The average Bonchev–Trinajstić information content (AvgIpc) is 2.48. The van der Waals surface area contributed by atoms with Crippen LogP contribution in [0.2, 0.25) is 0 Å². The van der Waals surface area contributed by atoms with E-state index in [2.05, 4.69) is 30.7 Å². The summed E-state index contributed by atoms with van der Waals surface area (Å²) >= 11 is 1.81. The highest BCUT2D eigenvalue weighted by molar-refractivity contribution is 8.00. The van der Waals surface area contributed by atoms with Crippen LogP contribution in [0.5, 0.6) is 0 Å². The van der Waals surface area contributed by atoms with Crippen molar-refractivity contribution in [1.29, 1.82) is 0 Å². The van der Waals surface area contributed by atoms with Crippen molar-refractivity contribution in [3.63, 3.8) is 0 Å². The fraction of sp³-hybridized carbons (Fsp3) is 0.571. The van der Waals surface area contributed by atoms with Crippen LogP contribution >= 0.6 is 11.8 Å². The summed E-state index contributed by atoms with van der Waals surface area (Å²) in [5.74, 6) is 0. The predicted molar refractivity (Wildman–Crippen MR) is 88.0 cm³/mol. The Morgan fingerprint density at radius 3 is 2.35 bits per heavy atom. The van der Waals surface area contributed by atoms with Gasteiger partial charge in [-0.25, -0.2) is 0 Å². The second-order valence-corrected chi connectivity index (χ2v) is 5.93. The van der Waals surface area contributed by atoms with E-state index >= 15 is 0 Å². The minimum Gasteiger partial charge on any atom is -0.382 e. The second kappa shape index (κ2) is 7.38. The first-order valence-corrected chi connectivity index (χ1v) is 8.00. The average molecular weight is 297 g/mol. The molecule has 0 aliphatic carbocycles. The molecule has 0 atom stereocenters. The van der Waals surface area contributed by atoms with Crippen molar-refractivity contribution in [2.75, 3.05) is 30.5 Å². The summed E-state index contributed by atoms with van der Waals surface area (Å²) < 4.78 is 0.115. The fourth-order valence-corrected chi connectivity index (χ4v) is 3.00. The second-order valence-electron chi connectivity index (χ2n) is 4.66. The van der Waals surface area contributed by atoms with E-state index in [9.17, 15) is 10.1 Å². The molecule has 20 heavy (non-hydrogen) atoms. The van der Waals surface area contributed by atoms with Crippen LogP contribution in [-0.4, -0.2) is 29.5 Å². The molecule has 0 bridgehead atoms. The Morgan fingerprint density at radius 2 is 1.90 bits per heavy atom. The molecule has 0 unspecified atom stereocenters. The Kier molecular flexibility index (Phi) is 6.13. The zero-order valence-corrected chi connectivity index (χ0v) is 13.3. The number of hydrogen-bond donors (Lipinski definition) is 2. The van der Waals surface area contributed by atoms with Gasteiger partial charge < -0.3 is 10.6 Å². The lowest BCUT2D eigenvalue weighted by molar-refractivity contribution is -0.383. The topological polar surface area (TPSA) is 67.2 Å². The smallest absolute Gasteiger partial charge is 0.315 e. The maximum Gasteiger partial charge on any atom is 0.315 e. The van der Waals surface area contributed by atoms with Gasteiger partial charge >= 0.3 is 5.69 Å². The molecule has 0 fully saturated rings. The van der Waals surface area contributed by atoms with E-state index in [1.807, 2.05) is 17.8 Å². The number of benzene rings is 1. The number of anilines is 2. The molecule has 6 heteroatoms. The number of rotatable bonds is 8. The lowest BCUT2D eigenvalue weighted by Gasteiger charge is -2.30. The highest BCUT2D eigenvalue weighted by Crippen LogP contribution is 2.35. The number of nitro groups is 1. The summed E-state index contributed by atoms with van der Waals surface area (Å²) in [6.45, 7) is 5.02. The highest BCUT2D eigenvalue weighted by Gasteiger charge is 2.26. The first-order valence-electron chi connectivity index (χ1n) is 6.77. The van der Waals surface area contributed by atoms with Gasteiger partial charge in [-0.2, -0.15) is 11.8 Å². The third kappa shape index (κ3) is 3.56. The van der Waals surface area contributed by atoms with Crippen molar-refractivity contribution < 1.29 is 4.92 Å². The monoisotopic (exact) mass is 297 g/mol. The van der Waals surface area contributed by atoms with Gasteiger partial charge in [0.25, 0.3) is 0 Å². The standard InChI is InChI=1S/C14H23N3O2S/c1-5-14(6-2,20-4)10-16-12-9-7-8-11(15-3)13(12)17(18)19/h7-9,15-16H,5-6,10H2,1-4H3. The predicted octanol–water partition coefficient (Wildman–Crippen LogP) is 3.97. The SMILES string of the molecule is CCC(CC)(CNc1cccc(NC)c1[N+](=O)[O-])SC. The summed E-state index contributed by atoms with van der Waals surface area (Å²) in [5, 5.41) is 17.4. The fourth-order valence-electron chi connectivity index (χ4n) is 2.20. The van der Waals surface area contributed by atoms with Crippen LogP contribution in [-0.2, 0) is 0 Å². The molecule has 1 aromatic rings. The number of thioether (sulfide) groups is 1. The largest absolute Gasteiger partial charge is 0.382 e. The van der Waals surface area contributed by atoms with Gasteiger partial charge in [0, 0.05) is 18.3 Å². The molecule has 1 aromatic carbocycles. The quantitative estimate of drug-likeness (QED) is 0.561. The first-order chi connectivity index (χ1) is 9.53. The molecule has 0 aliphatic rings. The molecule has 0 saturated heterocycles. The zero-order chi connectivity index (χ0) is 15.2. The Labute approximate surface area is 124 Å². The van der Waals surface area contributed by atoms with E-state index in [1.165, 1.54) is 0 Å². The van der Waals surface area contributed by atoms with Crippen LogP contribution in [0, 0.1) is 10.1 Å². The van der Waals surface area contributed by atoms with Crippen molar-refractivity contribution in [3.8, 4) is 0 Å². The van der Waals surface area contributed by atoms with E-state index in [0.717, 1.165) is 19.4 Å². The van der Waals surface area contributed by atoms with Crippen molar-refractivity contribution in [1.82, 2.24) is 0 Å². The van der Waals surface area contributed by atoms with Crippen molar-refractivity contribution >= 4 is 28.8 Å². The molecule has 0 aliphatic heterocycles. The third-order valence-electron chi connectivity index (χ3n) is 3.81. The summed E-state index contributed by atoms with van der Waals surface area (Å²) in [7, 11) is 1.69. The van der Waals surface area contributed by atoms with Gasteiger partial charge in [0.05, 0.1) is 4.92 Å². The highest BCUT2D eigenvalue weighted by atomic mass is 32.2. The Bertz CT molecular complexity index is 453. The molecule has 5 nitrogen and oxygen atoms in total. The molecule has 1 rings (SSSR count). The molecule has 0 radical (unpaired) electrons. The third-order valence-corrected chi connectivity index (χ3v) is 5.40. The number of nitrogens with one attached hydrogen (secondary N) is 2. The van der Waals surface area contributed by atoms with E-state index in [0.29, 0.717) is 11.4 Å². The van der Waals surface area contributed by atoms with Gasteiger partial charge in [0.1, 0.15) is 11.4 Å². The van der Waals surface area contributed by atoms with Crippen LogP contribution < -0.4 is 10.6 Å². The Balaban J connectivity index is 3.01. The summed E-state index contributed by atoms with van der Waals surface area (Å²) in [6.07, 6.45) is 4.14. The number of nitro benzene ring substituents is 1. The van der Waals surface area contributed by atoms with Crippen molar-refractivity contribution in [2.24, 2.45) is 0 Å². The Hall–Kier alpha value is -1.43. The number of hydrogen-bond acceptors (Lipinski definition) is 5. The van der Waals surface area contributed by atoms with Crippen LogP contribution in [0.15, 0.2) is 18.2 Å². The van der Waals surface area contributed by atoms with E-state index in [-0.39, 0.29) is 15.4 Å². The number of nitrogens with zero attached hydrogens (tertiary/aromatic N) is 1. The summed E-state index contributed by atoms with van der Waals surface area (Å²) in [6, 6.07) is 5.29. The van der Waals surface area contributed by atoms with Gasteiger partial charge in [-0.15, -0.1) is 0 Å². The van der Waals surface area contributed by atoms with Crippen LogP contribution in [0.4, 0.5) is 17.1 Å². The first kappa shape index (κ1) is 16.6. The zero-order valence-electron chi connectivity index (χ0n) is 12.5. The van der Waals surface area contributed by atoms with Crippen LogP contribution in [0.1, 0.15) is 26.7 Å². The van der Waals surface area contributed by atoms with Gasteiger partial charge in [0.2, 0.25) is 0 Å². The molecule has 0 heterocycles. The van der Waals surface area contributed by atoms with Crippen molar-refractivity contribution in [3.05, 3.63) is 28.3 Å². The molecule has 0 aromatic heterocycles. The van der Waals surface area contributed by atoms with E-state index < -0.39 is 0 Å². The lowest BCUT2D eigenvalue weighted by atomic mass is 10.0. The molecule has 0 amide bonds. The maximum absolute atomic E-state index is 11.3. The minimum absolute atomic E-state index is 0.109. The van der Waals surface area contributed by atoms with E-state index in [4.69, 9.17) is 0 Å². The van der Waals surface area contributed by atoms with Gasteiger partial charge in [-0.1, -0.05) is 19.9 Å². The summed E-state index contributed by atoms with van der Waals surface area (Å²) in [5.41, 5.74) is 1.21. The minimum atomic E-state index is -0.340. The normalized spacial score (nSPS) is 11.2. The van der Waals surface area contributed by atoms with Crippen LogP contribution in [0.25, 0.3) is 0 Å². The molecule has 0 saturated carbocycles.